The van der Waals surface area contributed by atoms with Gasteiger partial charge in [0.25, 0.3) is 0 Å². The van der Waals surface area contributed by atoms with Crippen LogP contribution in [0.25, 0.3) is 0 Å². The predicted molar refractivity (Wildman–Crippen MR) is 33.5 cm³/mol. The number of nitrogens with zero attached hydrogens (tertiary/aromatic N) is 1. The molecule has 0 aliphatic heterocycles. The average molecular weight is 125 g/mol. The summed E-state index contributed by atoms with van der Waals surface area (Å²) >= 11 is 0. The van der Waals surface area contributed by atoms with Crippen molar-refractivity contribution in [2.45, 2.75) is 13.3 Å². The van der Waals surface area contributed by atoms with Crippen LogP contribution in [0.3, 0.4) is 0 Å². The minimum Gasteiger partial charge on any atom is -0.259 e. The van der Waals surface area contributed by atoms with E-state index in [-0.39, 0.29) is 4.92 Å². The summed E-state index contributed by atoms with van der Waals surface area (Å²) in [7, 11) is 0. The second-order valence-corrected chi connectivity index (χ2v) is 2.05. The molecular formula is C6H7NO2. The molecular weight excluding hydrogens is 118 g/mol. The molecule has 0 radical (unpaired) electrons. The first-order valence-corrected chi connectivity index (χ1v) is 2.72. The molecule has 0 N–H and O–H groups in total. The van der Waals surface area contributed by atoms with Gasteiger partial charge < -0.3 is 0 Å². The van der Waals surface area contributed by atoms with Gasteiger partial charge in [-0.15, -0.1) is 0 Å². The first-order valence-electron chi connectivity index (χ1n) is 2.72. The third-order valence-electron chi connectivity index (χ3n) is 1.26. The van der Waals surface area contributed by atoms with Gasteiger partial charge in [0.05, 0.1) is 11.3 Å². The highest BCUT2D eigenvalue weighted by Gasteiger charge is 2.12. The summed E-state index contributed by atoms with van der Waals surface area (Å²) in [6.07, 6.45) is 3.93. The molecule has 1 aliphatic carbocycles. The van der Waals surface area contributed by atoms with E-state index in [4.69, 9.17) is 0 Å². The van der Waals surface area contributed by atoms with Gasteiger partial charge in [0.2, 0.25) is 5.70 Å². The van der Waals surface area contributed by atoms with Crippen molar-refractivity contribution in [3.8, 4) is 0 Å². The Morgan fingerprint density at radius 1 is 1.78 bits per heavy atom. The van der Waals surface area contributed by atoms with Crippen LogP contribution in [0.2, 0.25) is 0 Å². The van der Waals surface area contributed by atoms with Crippen molar-refractivity contribution in [3.63, 3.8) is 0 Å². The van der Waals surface area contributed by atoms with Crippen LogP contribution in [0.4, 0.5) is 0 Å². The molecule has 0 saturated carbocycles. The quantitative estimate of drug-likeness (QED) is 0.393. The summed E-state index contributed by atoms with van der Waals surface area (Å²) in [5.74, 6) is 0. The van der Waals surface area contributed by atoms with Gasteiger partial charge in [-0.25, -0.2) is 0 Å². The summed E-state index contributed by atoms with van der Waals surface area (Å²) in [4.78, 5) is 9.71. The van der Waals surface area contributed by atoms with Crippen molar-refractivity contribution in [2.75, 3.05) is 0 Å². The van der Waals surface area contributed by atoms with Crippen molar-refractivity contribution in [3.05, 3.63) is 33.5 Å². The van der Waals surface area contributed by atoms with Gasteiger partial charge >= 0.3 is 0 Å². The van der Waals surface area contributed by atoms with E-state index in [2.05, 4.69) is 0 Å². The topological polar surface area (TPSA) is 43.1 Å². The summed E-state index contributed by atoms with van der Waals surface area (Å²) < 4.78 is 0. The molecule has 0 fully saturated rings. The smallest absolute Gasteiger partial charge is 0.250 e. The minimum atomic E-state index is -0.340. The van der Waals surface area contributed by atoms with Crippen LogP contribution < -0.4 is 0 Å². The maximum atomic E-state index is 10.1. The summed E-state index contributed by atoms with van der Waals surface area (Å²) in [6.45, 7) is 1.86. The molecule has 0 amide bonds. The number of hydrogen-bond acceptors (Lipinski definition) is 2. The third-order valence-corrected chi connectivity index (χ3v) is 1.26. The molecule has 1 aliphatic rings. The van der Waals surface area contributed by atoms with E-state index in [1.807, 2.05) is 13.0 Å². The van der Waals surface area contributed by atoms with Gasteiger partial charge in [0.15, 0.2) is 0 Å². The van der Waals surface area contributed by atoms with Crippen LogP contribution in [-0.2, 0) is 0 Å². The maximum absolute atomic E-state index is 10.1. The molecule has 0 atom stereocenters. The zero-order valence-electron chi connectivity index (χ0n) is 5.13. The lowest BCUT2D eigenvalue weighted by molar-refractivity contribution is -0.426. The van der Waals surface area contributed by atoms with E-state index in [0.717, 1.165) is 5.57 Å². The fourth-order valence-corrected chi connectivity index (χ4v) is 0.773. The Hall–Kier alpha value is -1.12. The first kappa shape index (κ1) is 6.01. The first-order chi connectivity index (χ1) is 4.20. The molecule has 0 spiro atoms. The molecule has 48 valence electrons. The van der Waals surface area contributed by atoms with Crippen LogP contribution in [0.15, 0.2) is 23.4 Å². The van der Waals surface area contributed by atoms with Crippen LogP contribution in [0.1, 0.15) is 13.3 Å². The molecule has 0 aromatic heterocycles. The van der Waals surface area contributed by atoms with E-state index >= 15 is 0 Å². The zero-order chi connectivity index (χ0) is 6.85. The maximum Gasteiger partial charge on any atom is 0.250 e. The largest absolute Gasteiger partial charge is 0.259 e. The Morgan fingerprint density at radius 3 is 2.67 bits per heavy atom. The molecule has 0 aromatic carbocycles. The highest BCUT2D eigenvalue weighted by atomic mass is 16.6. The average Bonchev–Trinajstić information content (AvgIpc) is 2.14. The van der Waals surface area contributed by atoms with Crippen molar-refractivity contribution in [2.24, 2.45) is 0 Å². The van der Waals surface area contributed by atoms with Crippen molar-refractivity contribution in [1.82, 2.24) is 0 Å². The Morgan fingerprint density at radius 2 is 2.44 bits per heavy atom. The number of nitro groups is 1. The van der Waals surface area contributed by atoms with E-state index in [9.17, 15) is 10.1 Å². The zero-order valence-corrected chi connectivity index (χ0v) is 5.13. The molecule has 0 unspecified atom stereocenters. The fraction of sp³-hybridized carbons (Fsp3) is 0.333. The SMILES string of the molecule is CC1=CCC([N+](=O)[O-])=C1. The third kappa shape index (κ3) is 1.16. The molecule has 0 saturated heterocycles. The van der Waals surface area contributed by atoms with Crippen molar-refractivity contribution < 1.29 is 4.92 Å². The van der Waals surface area contributed by atoms with Crippen LogP contribution >= 0.6 is 0 Å². The Bertz CT molecular complexity index is 203. The van der Waals surface area contributed by atoms with E-state index in [1.165, 1.54) is 0 Å². The van der Waals surface area contributed by atoms with E-state index in [0.29, 0.717) is 12.1 Å². The van der Waals surface area contributed by atoms with Crippen LogP contribution in [-0.4, -0.2) is 4.92 Å². The lowest BCUT2D eigenvalue weighted by Crippen LogP contribution is -1.93. The minimum absolute atomic E-state index is 0.299. The molecule has 0 heterocycles. The fourth-order valence-electron chi connectivity index (χ4n) is 0.773. The van der Waals surface area contributed by atoms with Gasteiger partial charge in [0, 0.05) is 6.08 Å². The Kier molecular flexibility index (Phi) is 1.34. The van der Waals surface area contributed by atoms with E-state index < -0.39 is 0 Å². The van der Waals surface area contributed by atoms with E-state index in [1.54, 1.807) is 6.08 Å². The second-order valence-electron chi connectivity index (χ2n) is 2.05. The normalized spacial score (nSPS) is 17.0. The number of hydrogen-bond donors (Lipinski definition) is 0. The number of rotatable bonds is 1. The Labute approximate surface area is 52.8 Å². The molecule has 0 aromatic rings. The predicted octanol–water partition coefficient (Wildman–Crippen LogP) is 1.50. The molecule has 3 nitrogen and oxygen atoms in total. The van der Waals surface area contributed by atoms with Gasteiger partial charge in [-0.1, -0.05) is 6.08 Å². The lowest BCUT2D eigenvalue weighted by Gasteiger charge is -1.84. The van der Waals surface area contributed by atoms with Crippen molar-refractivity contribution in [1.29, 1.82) is 0 Å². The molecule has 0 bridgehead atoms. The highest BCUT2D eigenvalue weighted by Crippen LogP contribution is 2.16. The summed E-state index contributed by atoms with van der Waals surface area (Å²) in [5.41, 5.74) is 1.29. The molecule has 9 heavy (non-hydrogen) atoms. The van der Waals surface area contributed by atoms with Crippen LogP contribution in [0, 0.1) is 10.1 Å². The standard InChI is InChI=1S/C6H7NO2/c1-5-2-3-6(4-5)7(8)9/h2,4H,3H2,1H3. The highest BCUT2D eigenvalue weighted by molar-refractivity contribution is 5.26. The van der Waals surface area contributed by atoms with Gasteiger partial charge in [0.1, 0.15) is 0 Å². The number of allylic oxidation sites excluding steroid dienone is 3. The van der Waals surface area contributed by atoms with Crippen LogP contribution in [0.5, 0.6) is 0 Å². The van der Waals surface area contributed by atoms with Gasteiger partial charge in [-0.05, 0) is 12.5 Å². The molecule has 3 heteroatoms. The van der Waals surface area contributed by atoms with Crippen molar-refractivity contribution >= 4 is 0 Å². The van der Waals surface area contributed by atoms with Gasteiger partial charge in [-0.3, -0.25) is 10.1 Å². The summed E-state index contributed by atoms with van der Waals surface area (Å²) in [5, 5.41) is 10.1. The monoisotopic (exact) mass is 125 g/mol. The lowest BCUT2D eigenvalue weighted by atomic mass is 10.3. The second kappa shape index (κ2) is 2.01. The summed E-state index contributed by atoms with van der Waals surface area (Å²) in [6, 6.07) is 0. The molecule has 1 rings (SSSR count). The van der Waals surface area contributed by atoms with Gasteiger partial charge in [-0.2, -0.15) is 0 Å². The Balaban J connectivity index is 2.71.